The molecule has 0 aromatic heterocycles. The molecule has 0 saturated carbocycles. The Kier molecular flexibility index (Phi) is 4.93. The first-order valence-electron chi connectivity index (χ1n) is 3.96. The van der Waals surface area contributed by atoms with E-state index in [1.807, 2.05) is 13.8 Å². The first-order chi connectivity index (χ1) is 5.75. The number of carbonyl (C=O) groups excluding carboxylic acids is 1. The number of benzene rings is 1. The fourth-order valence-corrected chi connectivity index (χ4v) is 0.752. The molecule has 0 amide bonds. The molecule has 1 aromatic rings. The zero-order chi connectivity index (χ0) is 9.56. The molecule has 0 aliphatic rings. The lowest BCUT2D eigenvalue weighted by molar-refractivity contribution is 0.112. The Morgan fingerprint density at radius 1 is 1.33 bits per heavy atom. The van der Waals surface area contributed by atoms with Crippen LogP contribution in [0.15, 0.2) is 18.2 Å². The number of hydrogen-bond acceptors (Lipinski definition) is 1. The predicted molar refractivity (Wildman–Crippen MR) is 47.9 cm³/mol. The number of aldehydes is 1. The van der Waals surface area contributed by atoms with E-state index in [1.54, 1.807) is 13.0 Å². The lowest BCUT2D eigenvalue weighted by atomic mass is 10.1. The molecule has 0 aliphatic carbocycles. The molecular formula is C10H13FO. The molecule has 0 saturated heterocycles. The average Bonchev–Trinajstić information content (AvgIpc) is 2.13. The van der Waals surface area contributed by atoms with Crippen LogP contribution in [0.2, 0.25) is 0 Å². The molecule has 0 aliphatic heterocycles. The summed E-state index contributed by atoms with van der Waals surface area (Å²) in [6, 6.07) is 4.44. The largest absolute Gasteiger partial charge is 0.298 e. The summed E-state index contributed by atoms with van der Waals surface area (Å²) in [5, 5.41) is 0. The van der Waals surface area contributed by atoms with E-state index in [0.29, 0.717) is 17.4 Å². The zero-order valence-corrected chi connectivity index (χ0v) is 7.60. The Morgan fingerprint density at radius 3 is 2.33 bits per heavy atom. The van der Waals surface area contributed by atoms with Crippen molar-refractivity contribution in [2.24, 2.45) is 0 Å². The summed E-state index contributed by atoms with van der Waals surface area (Å²) in [6.07, 6.45) is 0.651. The number of hydrogen-bond donors (Lipinski definition) is 0. The Bertz CT molecular complexity index is 256. The second-order valence-electron chi connectivity index (χ2n) is 2.07. The monoisotopic (exact) mass is 168 g/mol. The van der Waals surface area contributed by atoms with Gasteiger partial charge in [0.25, 0.3) is 0 Å². The minimum atomic E-state index is -0.329. The lowest BCUT2D eigenvalue weighted by Crippen LogP contribution is -1.88. The smallest absolute Gasteiger partial charge is 0.150 e. The third-order valence-electron chi connectivity index (χ3n) is 1.44. The summed E-state index contributed by atoms with van der Waals surface area (Å²) in [4.78, 5) is 10.2. The summed E-state index contributed by atoms with van der Waals surface area (Å²) in [6.45, 7) is 5.58. The van der Waals surface area contributed by atoms with Gasteiger partial charge >= 0.3 is 0 Å². The summed E-state index contributed by atoms with van der Waals surface area (Å²) < 4.78 is 12.6. The Balaban J connectivity index is 0.000000561. The molecule has 2 heteroatoms. The SMILES string of the molecule is CC.Cc1c(F)cccc1C=O. The van der Waals surface area contributed by atoms with E-state index in [-0.39, 0.29) is 5.82 Å². The summed E-state index contributed by atoms with van der Waals surface area (Å²) in [5.74, 6) is -0.329. The van der Waals surface area contributed by atoms with Crippen molar-refractivity contribution in [1.82, 2.24) is 0 Å². The van der Waals surface area contributed by atoms with Crippen LogP contribution < -0.4 is 0 Å². The molecule has 0 atom stereocenters. The van der Waals surface area contributed by atoms with Gasteiger partial charge in [-0.2, -0.15) is 0 Å². The van der Waals surface area contributed by atoms with E-state index in [2.05, 4.69) is 0 Å². The van der Waals surface area contributed by atoms with E-state index in [9.17, 15) is 9.18 Å². The van der Waals surface area contributed by atoms with Crippen molar-refractivity contribution >= 4 is 6.29 Å². The van der Waals surface area contributed by atoms with Crippen LogP contribution in [0, 0.1) is 12.7 Å². The molecule has 0 spiro atoms. The summed E-state index contributed by atoms with van der Waals surface area (Å²) >= 11 is 0. The van der Waals surface area contributed by atoms with Crippen molar-refractivity contribution in [3.63, 3.8) is 0 Å². The predicted octanol–water partition coefficient (Wildman–Crippen LogP) is 2.97. The van der Waals surface area contributed by atoms with Crippen molar-refractivity contribution in [3.05, 3.63) is 35.1 Å². The van der Waals surface area contributed by atoms with Gasteiger partial charge in [0.05, 0.1) is 0 Å². The highest BCUT2D eigenvalue weighted by Gasteiger charge is 1.99. The average molecular weight is 168 g/mol. The van der Waals surface area contributed by atoms with Crippen molar-refractivity contribution in [2.45, 2.75) is 20.8 Å². The van der Waals surface area contributed by atoms with Gasteiger partial charge in [0.2, 0.25) is 0 Å². The third-order valence-corrected chi connectivity index (χ3v) is 1.44. The lowest BCUT2D eigenvalue weighted by Gasteiger charge is -1.96. The van der Waals surface area contributed by atoms with Crippen molar-refractivity contribution in [3.8, 4) is 0 Å². The van der Waals surface area contributed by atoms with Gasteiger partial charge < -0.3 is 0 Å². The van der Waals surface area contributed by atoms with Crippen LogP contribution in [0.25, 0.3) is 0 Å². The first-order valence-corrected chi connectivity index (χ1v) is 3.96. The number of rotatable bonds is 1. The topological polar surface area (TPSA) is 17.1 Å². The maximum Gasteiger partial charge on any atom is 0.150 e. The van der Waals surface area contributed by atoms with E-state index in [4.69, 9.17) is 0 Å². The molecular weight excluding hydrogens is 155 g/mol. The minimum absolute atomic E-state index is 0.329. The highest BCUT2D eigenvalue weighted by atomic mass is 19.1. The second kappa shape index (κ2) is 5.47. The minimum Gasteiger partial charge on any atom is -0.298 e. The summed E-state index contributed by atoms with van der Waals surface area (Å²) in [7, 11) is 0. The molecule has 0 fully saturated rings. The van der Waals surface area contributed by atoms with E-state index in [0.717, 1.165) is 0 Å². The molecule has 0 unspecified atom stereocenters. The van der Waals surface area contributed by atoms with Crippen LogP contribution in [0.4, 0.5) is 4.39 Å². The van der Waals surface area contributed by atoms with E-state index >= 15 is 0 Å². The molecule has 1 aromatic carbocycles. The first kappa shape index (κ1) is 10.8. The number of halogens is 1. The van der Waals surface area contributed by atoms with Crippen LogP contribution in [-0.4, -0.2) is 6.29 Å². The fourth-order valence-electron chi connectivity index (χ4n) is 0.752. The van der Waals surface area contributed by atoms with Crippen LogP contribution >= 0.6 is 0 Å². The molecule has 1 nitrogen and oxygen atoms in total. The Hall–Kier alpha value is -1.18. The van der Waals surface area contributed by atoms with Crippen LogP contribution in [0.3, 0.4) is 0 Å². The maximum absolute atomic E-state index is 12.6. The maximum atomic E-state index is 12.6. The van der Waals surface area contributed by atoms with Crippen LogP contribution in [-0.2, 0) is 0 Å². The Labute approximate surface area is 72.2 Å². The highest BCUT2D eigenvalue weighted by molar-refractivity contribution is 5.76. The molecule has 0 heterocycles. The standard InChI is InChI=1S/C8H7FO.C2H6/c1-6-7(5-10)3-2-4-8(6)9;1-2/h2-5H,1H3;1-2H3. The van der Waals surface area contributed by atoms with Gasteiger partial charge in [-0.05, 0) is 18.6 Å². The second-order valence-corrected chi connectivity index (χ2v) is 2.07. The van der Waals surface area contributed by atoms with Gasteiger partial charge in [-0.3, -0.25) is 4.79 Å². The van der Waals surface area contributed by atoms with Gasteiger partial charge in [-0.15, -0.1) is 0 Å². The molecule has 0 bridgehead atoms. The fraction of sp³-hybridized carbons (Fsp3) is 0.300. The molecule has 66 valence electrons. The van der Waals surface area contributed by atoms with E-state index in [1.165, 1.54) is 12.1 Å². The van der Waals surface area contributed by atoms with Crippen molar-refractivity contribution in [1.29, 1.82) is 0 Å². The molecule has 12 heavy (non-hydrogen) atoms. The van der Waals surface area contributed by atoms with E-state index < -0.39 is 0 Å². The van der Waals surface area contributed by atoms with Gasteiger partial charge in [0.15, 0.2) is 0 Å². The molecule has 0 N–H and O–H groups in total. The van der Waals surface area contributed by atoms with Gasteiger partial charge in [-0.25, -0.2) is 4.39 Å². The quantitative estimate of drug-likeness (QED) is 0.589. The van der Waals surface area contributed by atoms with Gasteiger partial charge in [0, 0.05) is 5.56 Å². The normalized spacial score (nSPS) is 8.33. The van der Waals surface area contributed by atoms with Crippen LogP contribution in [0.5, 0.6) is 0 Å². The Morgan fingerprint density at radius 2 is 1.92 bits per heavy atom. The molecule has 0 radical (unpaired) electrons. The van der Waals surface area contributed by atoms with Crippen molar-refractivity contribution in [2.75, 3.05) is 0 Å². The number of carbonyl (C=O) groups is 1. The summed E-state index contributed by atoms with van der Waals surface area (Å²) in [5.41, 5.74) is 0.831. The van der Waals surface area contributed by atoms with Gasteiger partial charge in [0.1, 0.15) is 12.1 Å². The van der Waals surface area contributed by atoms with Gasteiger partial charge in [-0.1, -0.05) is 26.0 Å². The molecule has 1 rings (SSSR count). The third kappa shape index (κ3) is 2.46. The highest BCUT2D eigenvalue weighted by Crippen LogP contribution is 2.08. The zero-order valence-electron chi connectivity index (χ0n) is 7.60. The van der Waals surface area contributed by atoms with Crippen LogP contribution in [0.1, 0.15) is 29.8 Å². The van der Waals surface area contributed by atoms with Crippen molar-refractivity contribution < 1.29 is 9.18 Å².